The molecule has 0 saturated carbocycles. The Morgan fingerprint density at radius 3 is 0.656 bits per heavy atom. The summed E-state index contributed by atoms with van der Waals surface area (Å²) < 4.78 is 0. The lowest BCUT2D eigenvalue weighted by Crippen LogP contribution is -2.26. The Labute approximate surface area is 541 Å². The summed E-state index contributed by atoms with van der Waals surface area (Å²) in [4.78, 5) is 0. The third-order valence-electron chi connectivity index (χ3n) is 20.9. The molecule has 4 aliphatic carbocycles. The molecule has 0 saturated heterocycles. The van der Waals surface area contributed by atoms with E-state index in [2.05, 4.69) is 340 Å². The second-order valence-electron chi connectivity index (χ2n) is 25.5. The maximum atomic E-state index is 2.64. The second kappa shape index (κ2) is 20.0. The van der Waals surface area contributed by atoms with E-state index < -0.39 is 5.41 Å². The Hall–Kier alpha value is -12.0. The second-order valence-corrected chi connectivity index (χ2v) is 25.5. The molecule has 0 aromatic heterocycles. The van der Waals surface area contributed by atoms with Crippen LogP contribution in [0.5, 0.6) is 0 Å². The van der Waals surface area contributed by atoms with Crippen molar-refractivity contribution in [3.63, 3.8) is 0 Å². The van der Waals surface area contributed by atoms with Crippen LogP contribution in [0.3, 0.4) is 0 Å². The zero-order valence-electron chi connectivity index (χ0n) is 50.8. The van der Waals surface area contributed by atoms with Crippen LogP contribution in [-0.4, -0.2) is 0 Å². The van der Waals surface area contributed by atoms with Crippen LogP contribution in [0.1, 0.15) is 22.3 Å². The lowest BCUT2D eigenvalue weighted by atomic mass is 9.69. The third kappa shape index (κ3) is 7.21. The van der Waals surface area contributed by atoms with Gasteiger partial charge in [-0.05, 0) is 212 Å². The van der Waals surface area contributed by atoms with Crippen molar-refractivity contribution in [2.45, 2.75) is 5.41 Å². The Balaban J connectivity index is 0.933. The monoisotopic (exact) mass is 1170 g/mol. The summed E-state index contributed by atoms with van der Waals surface area (Å²) in [6.45, 7) is 0. The van der Waals surface area contributed by atoms with E-state index in [1.54, 1.807) is 0 Å². The van der Waals surface area contributed by atoms with Crippen molar-refractivity contribution in [2.75, 3.05) is 0 Å². The van der Waals surface area contributed by atoms with Crippen LogP contribution >= 0.6 is 0 Å². The summed E-state index contributed by atoms with van der Waals surface area (Å²) in [5.74, 6) is 0. The van der Waals surface area contributed by atoms with Crippen molar-refractivity contribution >= 4 is 21.5 Å². The van der Waals surface area contributed by atoms with Gasteiger partial charge in [0, 0.05) is 0 Å². The molecule has 0 radical (unpaired) electrons. The largest absolute Gasteiger partial charge is 0.0725 e. The van der Waals surface area contributed by atoms with Crippen LogP contribution in [0.25, 0.3) is 177 Å². The lowest BCUT2D eigenvalue weighted by molar-refractivity contribution is 0.794. The van der Waals surface area contributed by atoms with Gasteiger partial charge in [0.15, 0.2) is 0 Å². The Kier molecular flexibility index (Phi) is 11.2. The summed E-state index contributed by atoms with van der Waals surface area (Å²) >= 11 is 0. The van der Waals surface area contributed by atoms with E-state index in [0.29, 0.717) is 0 Å². The molecule has 0 heterocycles. The van der Waals surface area contributed by atoms with E-state index in [4.69, 9.17) is 0 Å². The molecule has 0 nitrogen and oxygen atoms in total. The van der Waals surface area contributed by atoms with Crippen LogP contribution < -0.4 is 0 Å². The summed E-state index contributed by atoms with van der Waals surface area (Å²) in [5, 5.41) is 5.13. The van der Waals surface area contributed by atoms with Gasteiger partial charge in [0.05, 0.1) is 5.41 Å². The fourth-order valence-electron chi connectivity index (χ4n) is 17.5. The highest BCUT2D eigenvalue weighted by atomic mass is 14.5. The first kappa shape index (κ1) is 51.9. The van der Waals surface area contributed by atoms with Crippen molar-refractivity contribution in [1.82, 2.24) is 0 Å². The summed E-state index contributed by atoms with van der Waals surface area (Å²) in [5.41, 5.74) is 39.2. The summed E-state index contributed by atoms with van der Waals surface area (Å²) in [7, 11) is 0. The molecule has 20 rings (SSSR count). The topological polar surface area (TPSA) is 0 Å². The smallest absolute Gasteiger partial charge is 0.0622 e. The molecule has 4 aliphatic rings. The molecule has 93 heavy (non-hydrogen) atoms. The van der Waals surface area contributed by atoms with Gasteiger partial charge >= 0.3 is 0 Å². The fourth-order valence-corrected chi connectivity index (χ4v) is 17.5. The maximum absolute atomic E-state index is 2.64. The van der Waals surface area contributed by atoms with Crippen LogP contribution in [0.4, 0.5) is 0 Å². The van der Waals surface area contributed by atoms with Gasteiger partial charge in [0.25, 0.3) is 0 Å². The first-order chi connectivity index (χ1) is 46.2. The van der Waals surface area contributed by atoms with E-state index in [9.17, 15) is 0 Å². The molecule has 16 aromatic rings. The molecule has 0 unspecified atom stereocenters. The van der Waals surface area contributed by atoms with Crippen LogP contribution in [0.2, 0.25) is 0 Å². The normalized spacial score (nSPS) is 12.8. The number of hydrogen-bond acceptors (Lipinski definition) is 0. The first-order valence-electron chi connectivity index (χ1n) is 32.6. The van der Waals surface area contributed by atoms with E-state index in [1.165, 1.54) is 200 Å². The van der Waals surface area contributed by atoms with Crippen LogP contribution in [-0.2, 0) is 5.41 Å². The molecule has 0 N–H and O–H groups in total. The summed E-state index contributed by atoms with van der Waals surface area (Å²) in [6, 6.07) is 129. The van der Waals surface area contributed by atoms with E-state index in [-0.39, 0.29) is 0 Å². The van der Waals surface area contributed by atoms with Crippen molar-refractivity contribution in [2.24, 2.45) is 0 Å². The van der Waals surface area contributed by atoms with Gasteiger partial charge in [-0.15, -0.1) is 0 Å². The minimum absolute atomic E-state index is 0.717. The molecule has 1 spiro atoms. The zero-order valence-corrected chi connectivity index (χ0v) is 50.8. The molecular weight excluding hydrogens is 1120 g/mol. The zero-order chi connectivity index (χ0) is 60.9. The highest BCUT2D eigenvalue weighted by Gasteiger charge is 2.52. The number of benzene rings is 16. The molecule has 0 aliphatic heterocycles. The first-order valence-corrected chi connectivity index (χ1v) is 32.6. The van der Waals surface area contributed by atoms with Gasteiger partial charge in [-0.25, -0.2) is 0 Å². The van der Waals surface area contributed by atoms with E-state index >= 15 is 0 Å². The Morgan fingerprint density at radius 2 is 0.366 bits per heavy atom. The molecular formula is C93H56. The van der Waals surface area contributed by atoms with Gasteiger partial charge in [-0.3, -0.25) is 0 Å². The van der Waals surface area contributed by atoms with Gasteiger partial charge < -0.3 is 0 Å². The fraction of sp³-hybridized carbons (Fsp3) is 0.0108. The van der Waals surface area contributed by atoms with Crippen LogP contribution in [0.15, 0.2) is 340 Å². The lowest BCUT2D eigenvalue weighted by Gasteiger charge is -2.32. The minimum atomic E-state index is -0.717. The maximum Gasteiger partial charge on any atom is 0.0725 e. The SMILES string of the molecule is c1ccc(-c2c(-c3ccc4c(c3)C3(c5ccccc5-c5ccccc53)c3cc(-c5c(-c6ccccc6)c(-c6ccccc6)c6c(c5-c5ccccc5)-c5cccc7cccc-6c57)ccc3-4)c(-c3ccccc3)c3c(c2-c2ccccc2)-c2cccc4cccc-3c24)cc1. The van der Waals surface area contributed by atoms with Crippen molar-refractivity contribution in [3.05, 3.63) is 362 Å². The van der Waals surface area contributed by atoms with Crippen molar-refractivity contribution in [1.29, 1.82) is 0 Å². The highest BCUT2D eigenvalue weighted by Crippen LogP contribution is 2.67. The Morgan fingerprint density at radius 1 is 0.140 bits per heavy atom. The van der Waals surface area contributed by atoms with Crippen molar-refractivity contribution in [3.8, 4) is 156 Å². The molecule has 0 amide bonds. The molecule has 0 heteroatoms. The van der Waals surface area contributed by atoms with Gasteiger partial charge in [-0.2, -0.15) is 0 Å². The molecule has 0 atom stereocenters. The van der Waals surface area contributed by atoms with Gasteiger partial charge in [-0.1, -0.05) is 328 Å². The predicted molar refractivity (Wildman–Crippen MR) is 390 cm³/mol. The number of rotatable bonds is 8. The van der Waals surface area contributed by atoms with Crippen LogP contribution in [0, 0.1) is 0 Å². The van der Waals surface area contributed by atoms with Crippen molar-refractivity contribution < 1.29 is 0 Å². The van der Waals surface area contributed by atoms with E-state index in [1.807, 2.05) is 0 Å². The highest BCUT2D eigenvalue weighted by molar-refractivity contribution is 6.28. The quantitative estimate of drug-likeness (QED) is 0.142. The molecule has 428 valence electrons. The molecule has 16 aromatic carbocycles. The average Bonchev–Trinajstić information content (AvgIpc) is 1.53. The Bertz CT molecular complexity index is 5430. The number of hydrogen-bond donors (Lipinski definition) is 0. The predicted octanol–water partition coefficient (Wildman–Crippen LogP) is 25.0. The average molecular weight is 1170 g/mol. The molecule has 0 fully saturated rings. The standard InChI is InChI=1S/C93H56/c1-7-27-59(28-8-1)81-83(61-31-11-3-12-32-61)89-71-45-23-39-57-41-25-47-73(79(57)71)91(89)85(63-35-15-5-16-36-63)87(81)65-51-53-69-70-54-52-66(56-78(70)93(77(69)55-65)75-49-21-19-43-67(75)68-44-20-22-50-76(68)93)88-82(60-29-9-2-10-30-60)84(62-33-13-4-14-34-62)90-72-46-24-40-58-42-26-48-74(80(58)72)92(90)86(88)64-37-17-6-18-38-64/h1-56H. The molecule has 0 bridgehead atoms. The third-order valence-corrected chi connectivity index (χ3v) is 20.9. The van der Waals surface area contributed by atoms with E-state index in [0.717, 1.165) is 0 Å². The van der Waals surface area contributed by atoms with Gasteiger partial charge in [0.1, 0.15) is 0 Å². The van der Waals surface area contributed by atoms with Gasteiger partial charge in [0.2, 0.25) is 0 Å². The summed E-state index contributed by atoms with van der Waals surface area (Å²) in [6.07, 6.45) is 0. The number of fused-ring (bicyclic) bond motifs is 16. The minimum Gasteiger partial charge on any atom is -0.0622 e.